The number of β-amino-alcohol motifs (C(OH)–C–C–N with tert-alkyl or cyclic N) is 1. The molecule has 5 nitrogen and oxygen atoms in total. The SMILES string of the molecule is COCc1ccc(NC(=O)N2CCC[C@@](C)(O)C2)cc1. The van der Waals surface area contributed by atoms with Crippen LogP contribution in [-0.2, 0) is 11.3 Å². The Bertz CT molecular complexity index is 457. The zero-order chi connectivity index (χ0) is 14.6. The molecule has 0 radical (unpaired) electrons. The molecule has 0 aliphatic carbocycles. The van der Waals surface area contributed by atoms with E-state index >= 15 is 0 Å². The number of anilines is 1. The maximum Gasteiger partial charge on any atom is 0.321 e. The van der Waals surface area contributed by atoms with Crippen molar-refractivity contribution in [3.8, 4) is 0 Å². The Hall–Kier alpha value is -1.59. The van der Waals surface area contributed by atoms with E-state index in [-0.39, 0.29) is 6.03 Å². The second-order valence-corrected chi connectivity index (χ2v) is 5.58. The van der Waals surface area contributed by atoms with Crippen molar-refractivity contribution in [3.63, 3.8) is 0 Å². The van der Waals surface area contributed by atoms with Gasteiger partial charge < -0.3 is 20.1 Å². The number of methoxy groups -OCH3 is 1. The number of aliphatic hydroxyl groups is 1. The molecule has 2 amide bonds. The number of piperidine rings is 1. The lowest BCUT2D eigenvalue weighted by Crippen LogP contribution is -2.49. The fourth-order valence-corrected chi connectivity index (χ4v) is 2.45. The fraction of sp³-hybridized carbons (Fsp3) is 0.533. The van der Waals surface area contributed by atoms with E-state index in [1.165, 1.54) is 0 Å². The van der Waals surface area contributed by atoms with E-state index in [9.17, 15) is 9.90 Å². The summed E-state index contributed by atoms with van der Waals surface area (Å²) in [5.41, 5.74) is 1.03. The number of benzene rings is 1. The average molecular weight is 278 g/mol. The fourth-order valence-electron chi connectivity index (χ4n) is 2.45. The molecule has 110 valence electrons. The van der Waals surface area contributed by atoms with Crippen LogP contribution in [0.1, 0.15) is 25.3 Å². The number of likely N-dealkylation sites (tertiary alicyclic amines) is 1. The highest BCUT2D eigenvalue weighted by molar-refractivity contribution is 5.89. The molecule has 2 rings (SSSR count). The van der Waals surface area contributed by atoms with Gasteiger partial charge in [0.15, 0.2) is 0 Å². The zero-order valence-electron chi connectivity index (χ0n) is 12.1. The number of hydrogen-bond acceptors (Lipinski definition) is 3. The van der Waals surface area contributed by atoms with E-state index in [4.69, 9.17) is 4.74 Å². The molecule has 0 unspecified atom stereocenters. The first-order chi connectivity index (χ1) is 9.50. The number of ether oxygens (including phenoxy) is 1. The summed E-state index contributed by atoms with van der Waals surface area (Å²) >= 11 is 0. The van der Waals surface area contributed by atoms with E-state index in [0.717, 1.165) is 24.1 Å². The lowest BCUT2D eigenvalue weighted by atomic mass is 9.95. The number of amides is 2. The van der Waals surface area contributed by atoms with Gasteiger partial charge in [-0.1, -0.05) is 12.1 Å². The second-order valence-electron chi connectivity index (χ2n) is 5.58. The highest BCUT2D eigenvalue weighted by Crippen LogP contribution is 2.21. The molecule has 0 saturated carbocycles. The topological polar surface area (TPSA) is 61.8 Å². The van der Waals surface area contributed by atoms with Gasteiger partial charge in [-0.05, 0) is 37.5 Å². The zero-order valence-corrected chi connectivity index (χ0v) is 12.1. The van der Waals surface area contributed by atoms with E-state index < -0.39 is 5.60 Å². The van der Waals surface area contributed by atoms with Gasteiger partial charge in [-0.15, -0.1) is 0 Å². The Morgan fingerprint density at radius 1 is 1.45 bits per heavy atom. The highest BCUT2D eigenvalue weighted by Gasteiger charge is 2.30. The Labute approximate surface area is 119 Å². The predicted octanol–water partition coefficient (Wildman–Crippen LogP) is 2.21. The maximum absolute atomic E-state index is 12.1. The number of hydrogen-bond donors (Lipinski definition) is 2. The third-order valence-electron chi connectivity index (χ3n) is 3.48. The van der Waals surface area contributed by atoms with Crippen molar-refractivity contribution in [1.29, 1.82) is 0 Å². The maximum atomic E-state index is 12.1. The largest absolute Gasteiger partial charge is 0.388 e. The molecular weight excluding hydrogens is 256 g/mol. The first-order valence-corrected chi connectivity index (χ1v) is 6.86. The summed E-state index contributed by atoms with van der Waals surface area (Å²) in [7, 11) is 1.65. The van der Waals surface area contributed by atoms with Gasteiger partial charge in [-0.2, -0.15) is 0 Å². The Kier molecular flexibility index (Phi) is 4.62. The van der Waals surface area contributed by atoms with Gasteiger partial charge in [0.05, 0.1) is 18.8 Å². The second kappa shape index (κ2) is 6.24. The summed E-state index contributed by atoms with van der Waals surface area (Å²) in [6.07, 6.45) is 1.57. The molecule has 1 aliphatic heterocycles. The van der Waals surface area contributed by atoms with Crippen LogP contribution in [0, 0.1) is 0 Å². The molecule has 1 aromatic rings. The Morgan fingerprint density at radius 2 is 2.15 bits per heavy atom. The summed E-state index contributed by atoms with van der Waals surface area (Å²) < 4.78 is 5.04. The molecular formula is C15H22N2O3. The average Bonchev–Trinajstić information content (AvgIpc) is 2.40. The number of urea groups is 1. The molecule has 20 heavy (non-hydrogen) atoms. The summed E-state index contributed by atoms with van der Waals surface area (Å²) in [6.45, 7) is 3.39. The van der Waals surface area contributed by atoms with Gasteiger partial charge in [0.1, 0.15) is 0 Å². The molecule has 5 heteroatoms. The minimum absolute atomic E-state index is 0.163. The highest BCUT2D eigenvalue weighted by atomic mass is 16.5. The van der Waals surface area contributed by atoms with Crippen molar-refractivity contribution in [3.05, 3.63) is 29.8 Å². The summed E-state index contributed by atoms with van der Waals surface area (Å²) in [6, 6.07) is 7.39. The number of nitrogens with one attached hydrogen (secondary N) is 1. The van der Waals surface area contributed by atoms with Gasteiger partial charge in [0.25, 0.3) is 0 Å². The molecule has 1 fully saturated rings. The molecule has 1 aromatic carbocycles. The van der Waals surface area contributed by atoms with Gasteiger partial charge in [0, 0.05) is 19.3 Å². The molecule has 1 aliphatic rings. The van der Waals surface area contributed by atoms with Crippen LogP contribution in [0.15, 0.2) is 24.3 Å². The normalized spacial score (nSPS) is 22.6. The van der Waals surface area contributed by atoms with Crippen molar-refractivity contribution < 1.29 is 14.6 Å². The monoisotopic (exact) mass is 278 g/mol. The number of rotatable bonds is 3. The van der Waals surface area contributed by atoms with Crippen molar-refractivity contribution >= 4 is 11.7 Å². The van der Waals surface area contributed by atoms with E-state index in [1.54, 1.807) is 18.9 Å². The smallest absolute Gasteiger partial charge is 0.321 e. The number of carbonyl (C=O) groups excluding carboxylic acids is 1. The number of carbonyl (C=O) groups is 1. The molecule has 1 heterocycles. The van der Waals surface area contributed by atoms with Crippen LogP contribution in [0.2, 0.25) is 0 Å². The quantitative estimate of drug-likeness (QED) is 0.891. The Balaban J connectivity index is 1.93. The molecule has 0 aromatic heterocycles. The van der Waals surface area contributed by atoms with Crippen molar-refractivity contribution in [1.82, 2.24) is 4.90 Å². The van der Waals surface area contributed by atoms with E-state index in [1.807, 2.05) is 24.3 Å². The van der Waals surface area contributed by atoms with E-state index in [0.29, 0.717) is 19.7 Å². The standard InChI is InChI=1S/C15H22N2O3/c1-15(19)8-3-9-17(11-15)14(18)16-13-6-4-12(5-7-13)10-20-2/h4-7,19H,3,8-11H2,1-2H3,(H,16,18)/t15-/m1/s1. The van der Waals surface area contributed by atoms with Crippen LogP contribution in [0.4, 0.5) is 10.5 Å². The Morgan fingerprint density at radius 3 is 2.75 bits per heavy atom. The molecule has 0 bridgehead atoms. The predicted molar refractivity (Wildman–Crippen MR) is 77.6 cm³/mol. The molecule has 2 N–H and O–H groups in total. The van der Waals surface area contributed by atoms with Gasteiger partial charge in [-0.25, -0.2) is 4.79 Å². The van der Waals surface area contributed by atoms with Crippen molar-refractivity contribution in [2.75, 3.05) is 25.5 Å². The van der Waals surface area contributed by atoms with Gasteiger partial charge in [0.2, 0.25) is 0 Å². The molecule has 1 saturated heterocycles. The molecule has 1 atom stereocenters. The van der Waals surface area contributed by atoms with Crippen LogP contribution >= 0.6 is 0 Å². The summed E-state index contributed by atoms with van der Waals surface area (Å²) in [5.74, 6) is 0. The molecule has 0 spiro atoms. The van der Waals surface area contributed by atoms with Crippen LogP contribution in [0.25, 0.3) is 0 Å². The third-order valence-corrected chi connectivity index (χ3v) is 3.48. The third kappa shape index (κ3) is 3.95. The van der Waals surface area contributed by atoms with Crippen molar-refractivity contribution in [2.45, 2.75) is 32.0 Å². The van der Waals surface area contributed by atoms with Crippen molar-refractivity contribution in [2.24, 2.45) is 0 Å². The summed E-state index contributed by atoms with van der Waals surface area (Å²) in [4.78, 5) is 13.8. The first-order valence-electron chi connectivity index (χ1n) is 6.86. The van der Waals surface area contributed by atoms with Gasteiger partial charge >= 0.3 is 6.03 Å². The van der Waals surface area contributed by atoms with E-state index in [2.05, 4.69) is 5.32 Å². The minimum Gasteiger partial charge on any atom is -0.388 e. The lowest BCUT2D eigenvalue weighted by Gasteiger charge is -2.36. The van der Waals surface area contributed by atoms with Crippen LogP contribution in [-0.4, -0.2) is 41.8 Å². The van der Waals surface area contributed by atoms with Crippen LogP contribution in [0.3, 0.4) is 0 Å². The van der Waals surface area contributed by atoms with Crippen LogP contribution in [0.5, 0.6) is 0 Å². The van der Waals surface area contributed by atoms with Gasteiger partial charge in [-0.3, -0.25) is 0 Å². The summed E-state index contributed by atoms with van der Waals surface area (Å²) in [5, 5.41) is 12.9. The lowest BCUT2D eigenvalue weighted by molar-refractivity contribution is -0.000635. The first kappa shape index (κ1) is 14.8. The number of nitrogens with zero attached hydrogens (tertiary/aromatic N) is 1. The minimum atomic E-state index is -0.780. The van der Waals surface area contributed by atoms with Crippen LogP contribution < -0.4 is 5.32 Å².